The van der Waals surface area contributed by atoms with Crippen LogP contribution in [0, 0.1) is 0 Å². The molecule has 2 rings (SSSR count). The Bertz CT molecular complexity index is 601. The summed E-state index contributed by atoms with van der Waals surface area (Å²) in [6.45, 7) is 3.74. The van der Waals surface area contributed by atoms with Crippen LogP contribution >= 0.6 is 12.4 Å². The fourth-order valence-electron chi connectivity index (χ4n) is 2.43. The normalized spacial score (nSPS) is 24.2. The van der Waals surface area contributed by atoms with Crippen molar-refractivity contribution in [3.05, 3.63) is 29.8 Å². The molecule has 1 saturated heterocycles. The molecule has 0 radical (unpaired) electrons. The minimum absolute atomic E-state index is 0. The number of rotatable bonds is 2. The van der Waals surface area contributed by atoms with Gasteiger partial charge in [0.2, 0.25) is 5.91 Å². The standard InChI is InChI=1S/C14H20N2O3S.ClH/c1-10-11(2)20(18,19)8-7-16(10)14(17)9-12-3-5-13(15)6-4-12;/h3-6,10-11H,7-9,15H2,1-2H3;1H. The second-order valence-electron chi connectivity index (χ2n) is 5.32. The number of nitrogen functional groups attached to an aromatic ring is 1. The lowest BCUT2D eigenvalue weighted by Gasteiger charge is -2.37. The number of amides is 1. The molecule has 1 aromatic carbocycles. The van der Waals surface area contributed by atoms with Crippen LogP contribution < -0.4 is 5.73 Å². The number of sulfone groups is 1. The van der Waals surface area contributed by atoms with Crippen LogP contribution in [0.5, 0.6) is 0 Å². The molecule has 0 spiro atoms. The van der Waals surface area contributed by atoms with Crippen molar-refractivity contribution in [2.45, 2.75) is 31.6 Å². The average molecular weight is 333 g/mol. The summed E-state index contributed by atoms with van der Waals surface area (Å²) in [4.78, 5) is 14.0. The fraction of sp³-hybridized carbons (Fsp3) is 0.500. The Hall–Kier alpha value is -1.27. The van der Waals surface area contributed by atoms with E-state index in [0.717, 1.165) is 5.56 Å². The van der Waals surface area contributed by atoms with Gasteiger partial charge in [0.25, 0.3) is 0 Å². The summed E-state index contributed by atoms with van der Waals surface area (Å²) < 4.78 is 23.6. The van der Waals surface area contributed by atoms with Gasteiger partial charge in [0.15, 0.2) is 9.84 Å². The highest BCUT2D eigenvalue weighted by Crippen LogP contribution is 2.20. The molecule has 0 saturated carbocycles. The first-order valence-corrected chi connectivity index (χ1v) is 8.38. The van der Waals surface area contributed by atoms with E-state index in [-0.39, 0.29) is 43.1 Å². The summed E-state index contributed by atoms with van der Waals surface area (Å²) in [5, 5.41) is -0.508. The van der Waals surface area contributed by atoms with Crippen molar-refractivity contribution in [2.75, 3.05) is 18.0 Å². The van der Waals surface area contributed by atoms with Gasteiger partial charge in [-0.1, -0.05) is 12.1 Å². The number of nitrogens with zero attached hydrogens (tertiary/aromatic N) is 1. The minimum Gasteiger partial charge on any atom is -0.399 e. The molecule has 0 bridgehead atoms. The van der Waals surface area contributed by atoms with E-state index >= 15 is 0 Å². The van der Waals surface area contributed by atoms with E-state index in [1.165, 1.54) is 0 Å². The molecule has 1 fully saturated rings. The van der Waals surface area contributed by atoms with Crippen LogP contribution in [-0.2, 0) is 21.1 Å². The summed E-state index contributed by atoms with van der Waals surface area (Å²) >= 11 is 0. The smallest absolute Gasteiger partial charge is 0.227 e. The van der Waals surface area contributed by atoms with Crippen LogP contribution in [0.25, 0.3) is 0 Å². The van der Waals surface area contributed by atoms with E-state index in [2.05, 4.69) is 0 Å². The van der Waals surface area contributed by atoms with Crippen LogP contribution in [0.15, 0.2) is 24.3 Å². The molecule has 1 heterocycles. The monoisotopic (exact) mass is 332 g/mol. The van der Waals surface area contributed by atoms with Gasteiger partial charge in [-0.05, 0) is 31.5 Å². The van der Waals surface area contributed by atoms with Crippen molar-refractivity contribution in [1.82, 2.24) is 4.90 Å². The van der Waals surface area contributed by atoms with Crippen LogP contribution in [0.2, 0.25) is 0 Å². The zero-order chi connectivity index (χ0) is 14.9. The predicted molar refractivity (Wildman–Crippen MR) is 86.2 cm³/mol. The SMILES string of the molecule is CC1C(C)S(=O)(=O)CCN1C(=O)Cc1ccc(N)cc1.Cl. The predicted octanol–water partition coefficient (Wildman–Crippen LogP) is 1.27. The Morgan fingerprint density at radius 1 is 1.29 bits per heavy atom. The quantitative estimate of drug-likeness (QED) is 0.827. The Kier molecular flexibility index (Phi) is 5.64. The lowest BCUT2D eigenvalue weighted by Crippen LogP contribution is -2.54. The number of hydrogen-bond donors (Lipinski definition) is 1. The van der Waals surface area contributed by atoms with Crippen molar-refractivity contribution in [1.29, 1.82) is 0 Å². The molecule has 0 aromatic heterocycles. The number of anilines is 1. The molecular formula is C14H21ClN2O3S. The van der Waals surface area contributed by atoms with Crippen molar-refractivity contribution in [3.63, 3.8) is 0 Å². The van der Waals surface area contributed by atoms with Gasteiger partial charge in [0, 0.05) is 18.3 Å². The molecule has 2 unspecified atom stereocenters. The van der Waals surface area contributed by atoms with Crippen LogP contribution in [-0.4, -0.2) is 42.8 Å². The number of hydrogen-bond acceptors (Lipinski definition) is 4. The molecule has 2 atom stereocenters. The summed E-state index contributed by atoms with van der Waals surface area (Å²) in [5.41, 5.74) is 7.15. The Morgan fingerprint density at radius 2 is 1.86 bits per heavy atom. The first kappa shape index (κ1) is 17.8. The molecule has 0 aliphatic carbocycles. The Morgan fingerprint density at radius 3 is 2.43 bits per heavy atom. The molecule has 1 amide bonds. The van der Waals surface area contributed by atoms with E-state index in [4.69, 9.17) is 5.73 Å². The molecule has 1 aromatic rings. The van der Waals surface area contributed by atoms with E-state index in [0.29, 0.717) is 5.69 Å². The number of halogens is 1. The highest BCUT2D eigenvalue weighted by Gasteiger charge is 2.37. The number of benzene rings is 1. The van der Waals surface area contributed by atoms with E-state index in [1.807, 2.05) is 12.1 Å². The van der Waals surface area contributed by atoms with Gasteiger partial charge in [-0.15, -0.1) is 12.4 Å². The van der Waals surface area contributed by atoms with Crippen LogP contribution in [0.3, 0.4) is 0 Å². The Balaban J connectivity index is 0.00000220. The van der Waals surface area contributed by atoms with E-state index in [9.17, 15) is 13.2 Å². The maximum atomic E-state index is 12.3. The van der Waals surface area contributed by atoms with Gasteiger partial charge in [-0.2, -0.15) is 0 Å². The van der Waals surface area contributed by atoms with Gasteiger partial charge in [0.05, 0.1) is 17.4 Å². The van der Waals surface area contributed by atoms with Crippen molar-refractivity contribution in [2.24, 2.45) is 0 Å². The first-order valence-electron chi connectivity index (χ1n) is 6.67. The number of nitrogens with two attached hydrogens (primary N) is 1. The van der Waals surface area contributed by atoms with Gasteiger partial charge in [0.1, 0.15) is 0 Å². The molecule has 2 N–H and O–H groups in total. The second kappa shape index (κ2) is 6.66. The maximum absolute atomic E-state index is 12.3. The highest BCUT2D eigenvalue weighted by molar-refractivity contribution is 7.92. The Labute approximate surface area is 131 Å². The molecule has 21 heavy (non-hydrogen) atoms. The molecular weight excluding hydrogens is 312 g/mol. The molecule has 118 valence electrons. The zero-order valence-electron chi connectivity index (χ0n) is 12.2. The van der Waals surface area contributed by atoms with Crippen LogP contribution in [0.4, 0.5) is 5.69 Å². The lowest BCUT2D eigenvalue weighted by molar-refractivity contribution is -0.132. The van der Waals surface area contributed by atoms with Crippen LogP contribution in [0.1, 0.15) is 19.4 Å². The van der Waals surface area contributed by atoms with E-state index < -0.39 is 15.1 Å². The average Bonchev–Trinajstić information content (AvgIpc) is 2.39. The third-order valence-electron chi connectivity index (χ3n) is 4.01. The summed E-state index contributed by atoms with van der Waals surface area (Å²) in [6, 6.07) is 6.88. The molecule has 7 heteroatoms. The summed E-state index contributed by atoms with van der Waals surface area (Å²) in [6.07, 6.45) is 0.275. The third kappa shape index (κ3) is 3.89. The molecule has 1 aliphatic heterocycles. The molecule has 5 nitrogen and oxygen atoms in total. The molecule has 1 aliphatic rings. The van der Waals surface area contributed by atoms with Crippen molar-refractivity contribution in [3.8, 4) is 0 Å². The fourth-order valence-corrected chi connectivity index (χ4v) is 4.00. The van der Waals surface area contributed by atoms with Gasteiger partial charge < -0.3 is 10.6 Å². The zero-order valence-corrected chi connectivity index (χ0v) is 13.8. The second-order valence-corrected chi connectivity index (χ2v) is 7.80. The maximum Gasteiger partial charge on any atom is 0.227 e. The first-order chi connectivity index (χ1) is 9.31. The van der Waals surface area contributed by atoms with Gasteiger partial charge in [-0.25, -0.2) is 8.42 Å². The van der Waals surface area contributed by atoms with E-state index in [1.54, 1.807) is 30.9 Å². The topological polar surface area (TPSA) is 80.5 Å². The van der Waals surface area contributed by atoms with Crippen molar-refractivity contribution < 1.29 is 13.2 Å². The lowest BCUT2D eigenvalue weighted by atomic mass is 10.1. The van der Waals surface area contributed by atoms with Crippen molar-refractivity contribution >= 4 is 33.8 Å². The summed E-state index contributed by atoms with van der Waals surface area (Å²) in [5.74, 6) is 0.00966. The largest absolute Gasteiger partial charge is 0.399 e. The van der Waals surface area contributed by atoms with Gasteiger partial charge >= 0.3 is 0 Å². The number of carbonyl (C=O) groups is 1. The summed E-state index contributed by atoms with van der Waals surface area (Å²) in [7, 11) is -3.07. The highest BCUT2D eigenvalue weighted by atomic mass is 35.5. The third-order valence-corrected chi connectivity index (χ3v) is 6.29. The van der Waals surface area contributed by atoms with Gasteiger partial charge in [-0.3, -0.25) is 4.79 Å². The number of carbonyl (C=O) groups excluding carboxylic acids is 1. The minimum atomic E-state index is -3.07.